The van der Waals surface area contributed by atoms with Gasteiger partial charge in [0.15, 0.2) is 0 Å². The fourth-order valence-electron chi connectivity index (χ4n) is 1.14. The molecule has 1 amide bonds. The number of amides is 1. The lowest BCUT2D eigenvalue weighted by Crippen LogP contribution is -2.33. The summed E-state index contributed by atoms with van der Waals surface area (Å²) >= 11 is 3.22. The van der Waals surface area contributed by atoms with E-state index in [2.05, 4.69) is 20.9 Å². The van der Waals surface area contributed by atoms with Crippen molar-refractivity contribution in [2.75, 3.05) is 0 Å². The highest BCUT2D eigenvalue weighted by atomic mass is 79.9. The highest BCUT2D eigenvalue weighted by molar-refractivity contribution is 9.10. The van der Waals surface area contributed by atoms with Gasteiger partial charge in [-0.05, 0) is 11.3 Å². The summed E-state index contributed by atoms with van der Waals surface area (Å²) in [6.45, 7) is 0. The van der Waals surface area contributed by atoms with Crippen LogP contribution in [0.4, 0.5) is 0 Å². The predicted octanol–water partition coefficient (Wildman–Crippen LogP) is 0.390. The zero-order valence-electron chi connectivity index (χ0n) is 6.20. The van der Waals surface area contributed by atoms with Crippen molar-refractivity contribution in [3.05, 3.63) is 34.8 Å². The summed E-state index contributed by atoms with van der Waals surface area (Å²) in [6, 6.07) is 7.58. The SMILES string of the molecule is O=C1N=c2ccccc2=C[C@H]1Br. The van der Waals surface area contributed by atoms with Crippen LogP contribution in [0.25, 0.3) is 6.08 Å². The van der Waals surface area contributed by atoms with Gasteiger partial charge in [-0.2, -0.15) is 0 Å². The summed E-state index contributed by atoms with van der Waals surface area (Å²) in [6.07, 6.45) is 1.87. The first kappa shape index (κ1) is 7.68. The minimum Gasteiger partial charge on any atom is -0.271 e. The van der Waals surface area contributed by atoms with Crippen LogP contribution in [0.1, 0.15) is 0 Å². The molecule has 3 heteroatoms. The Hall–Kier alpha value is -0.960. The van der Waals surface area contributed by atoms with Crippen molar-refractivity contribution in [2.45, 2.75) is 4.83 Å². The minimum absolute atomic E-state index is 0.131. The number of carbonyl (C=O) groups is 1. The van der Waals surface area contributed by atoms with Crippen LogP contribution in [0.2, 0.25) is 0 Å². The van der Waals surface area contributed by atoms with Gasteiger partial charge in [-0.15, -0.1) is 0 Å². The van der Waals surface area contributed by atoms with Crippen molar-refractivity contribution in [1.29, 1.82) is 0 Å². The van der Waals surface area contributed by atoms with Gasteiger partial charge in [0.1, 0.15) is 4.83 Å². The normalized spacial score (nSPS) is 20.8. The number of carbonyl (C=O) groups excluding carboxylic acids is 1. The molecule has 0 bridgehead atoms. The number of benzene rings is 1. The summed E-state index contributed by atoms with van der Waals surface area (Å²) in [4.78, 5) is 14.8. The van der Waals surface area contributed by atoms with E-state index in [9.17, 15) is 4.79 Å². The number of hydrogen-bond donors (Lipinski definition) is 0. The van der Waals surface area contributed by atoms with Crippen molar-refractivity contribution in [1.82, 2.24) is 0 Å². The standard InChI is InChI=1S/C9H6BrNO/c10-7-5-6-3-1-2-4-8(6)11-9(7)12/h1-5,7H/t7-/m1/s1. The summed E-state index contributed by atoms with van der Waals surface area (Å²) in [5.74, 6) is -0.131. The van der Waals surface area contributed by atoms with E-state index < -0.39 is 0 Å². The van der Waals surface area contributed by atoms with E-state index in [0.29, 0.717) is 0 Å². The Balaban J connectivity index is 2.79. The number of fused-ring (bicyclic) bond motifs is 1. The van der Waals surface area contributed by atoms with Gasteiger partial charge in [-0.25, -0.2) is 4.99 Å². The summed E-state index contributed by atoms with van der Waals surface area (Å²) < 4.78 is 0. The van der Waals surface area contributed by atoms with Crippen LogP contribution in [0, 0.1) is 0 Å². The monoisotopic (exact) mass is 223 g/mol. The van der Waals surface area contributed by atoms with E-state index >= 15 is 0 Å². The quantitative estimate of drug-likeness (QED) is 0.586. The van der Waals surface area contributed by atoms with Crippen LogP contribution in [0.15, 0.2) is 29.3 Å². The molecule has 0 unspecified atom stereocenters. The molecule has 0 aromatic heterocycles. The molecule has 1 heterocycles. The first-order chi connectivity index (χ1) is 5.77. The van der Waals surface area contributed by atoms with Gasteiger partial charge >= 0.3 is 0 Å². The van der Waals surface area contributed by atoms with E-state index in [-0.39, 0.29) is 10.7 Å². The Labute approximate surface area is 77.8 Å². The van der Waals surface area contributed by atoms with Crippen LogP contribution in [-0.4, -0.2) is 10.7 Å². The highest BCUT2D eigenvalue weighted by Crippen LogP contribution is 2.04. The van der Waals surface area contributed by atoms with Crippen LogP contribution in [-0.2, 0) is 4.79 Å². The Morgan fingerprint density at radius 2 is 2.08 bits per heavy atom. The topological polar surface area (TPSA) is 29.4 Å². The predicted molar refractivity (Wildman–Crippen MR) is 49.4 cm³/mol. The molecule has 0 saturated heterocycles. The van der Waals surface area contributed by atoms with Gasteiger partial charge in [0, 0.05) is 0 Å². The van der Waals surface area contributed by atoms with Gasteiger partial charge in [0.2, 0.25) is 0 Å². The molecule has 1 aromatic carbocycles. The second-order valence-electron chi connectivity index (χ2n) is 2.58. The smallest absolute Gasteiger partial charge is 0.263 e. The maximum atomic E-state index is 11.1. The van der Waals surface area contributed by atoms with Gasteiger partial charge in [0.05, 0.1) is 5.36 Å². The van der Waals surface area contributed by atoms with E-state index in [1.54, 1.807) is 0 Å². The zero-order valence-corrected chi connectivity index (χ0v) is 7.78. The second kappa shape index (κ2) is 2.83. The molecule has 1 atom stereocenters. The molecular weight excluding hydrogens is 218 g/mol. The van der Waals surface area contributed by atoms with Gasteiger partial charge in [0.25, 0.3) is 5.91 Å². The largest absolute Gasteiger partial charge is 0.271 e. The van der Waals surface area contributed by atoms with Crippen LogP contribution in [0.5, 0.6) is 0 Å². The van der Waals surface area contributed by atoms with Crippen molar-refractivity contribution >= 4 is 27.9 Å². The summed E-state index contributed by atoms with van der Waals surface area (Å²) in [5.41, 5.74) is 0. The third-order valence-electron chi connectivity index (χ3n) is 1.73. The first-order valence-electron chi connectivity index (χ1n) is 3.61. The zero-order chi connectivity index (χ0) is 8.55. The van der Waals surface area contributed by atoms with Gasteiger partial charge in [-0.3, -0.25) is 4.79 Å². The third kappa shape index (κ3) is 1.20. The lowest BCUT2D eigenvalue weighted by atomic mass is 10.2. The third-order valence-corrected chi connectivity index (χ3v) is 2.39. The molecule has 12 heavy (non-hydrogen) atoms. The van der Waals surface area contributed by atoms with Crippen molar-refractivity contribution in [2.24, 2.45) is 4.99 Å². The molecule has 0 aliphatic carbocycles. The number of rotatable bonds is 0. The molecule has 0 radical (unpaired) electrons. The average molecular weight is 224 g/mol. The molecule has 0 fully saturated rings. The fraction of sp³-hybridized carbons (Fsp3) is 0.111. The number of hydrogen-bond acceptors (Lipinski definition) is 1. The molecule has 60 valence electrons. The lowest BCUT2D eigenvalue weighted by Gasteiger charge is -2.02. The average Bonchev–Trinajstić information content (AvgIpc) is 2.07. The molecule has 2 nitrogen and oxygen atoms in total. The maximum Gasteiger partial charge on any atom is 0.263 e. The fourth-order valence-corrected chi connectivity index (χ4v) is 1.53. The van der Waals surface area contributed by atoms with E-state index in [1.807, 2.05) is 30.3 Å². The van der Waals surface area contributed by atoms with E-state index in [1.165, 1.54) is 0 Å². The molecule has 0 spiro atoms. The Kier molecular flexibility index (Phi) is 1.81. The summed E-state index contributed by atoms with van der Waals surface area (Å²) in [5, 5.41) is 1.78. The van der Waals surface area contributed by atoms with Crippen LogP contribution >= 0.6 is 15.9 Å². The van der Waals surface area contributed by atoms with Crippen LogP contribution < -0.4 is 10.6 Å². The maximum absolute atomic E-state index is 11.1. The lowest BCUT2D eigenvalue weighted by molar-refractivity contribution is -0.116. The Morgan fingerprint density at radius 3 is 2.92 bits per heavy atom. The Morgan fingerprint density at radius 1 is 1.33 bits per heavy atom. The Bertz CT molecular complexity index is 438. The minimum atomic E-state index is -0.257. The van der Waals surface area contributed by atoms with Gasteiger partial charge in [-0.1, -0.05) is 40.2 Å². The molecule has 1 aromatic rings. The molecule has 1 aliphatic heterocycles. The molecule has 1 aliphatic rings. The van der Waals surface area contributed by atoms with Crippen molar-refractivity contribution < 1.29 is 4.79 Å². The van der Waals surface area contributed by atoms with Crippen LogP contribution in [0.3, 0.4) is 0 Å². The number of para-hydroxylation sites is 1. The highest BCUT2D eigenvalue weighted by Gasteiger charge is 2.13. The second-order valence-corrected chi connectivity index (χ2v) is 3.56. The van der Waals surface area contributed by atoms with E-state index in [0.717, 1.165) is 10.6 Å². The first-order valence-corrected chi connectivity index (χ1v) is 4.52. The number of nitrogens with zero attached hydrogens (tertiary/aromatic N) is 1. The van der Waals surface area contributed by atoms with Crippen molar-refractivity contribution in [3.8, 4) is 0 Å². The molecule has 2 rings (SSSR count). The summed E-state index contributed by atoms with van der Waals surface area (Å²) in [7, 11) is 0. The van der Waals surface area contributed by atoms with Gasteiger partial charge < -0.3 is 0 Å². The van der Waals surface area contributed by atoms with Crippen molar-refractivity contribution in [3.63, 3.8) is 0 Å². The number of alkyl halides is 1. The molecular formula is C9H6BrNO. The molecule has 0 saturated carbocycles. The molecule has 0 N–H and O–H groups in total. The van der Waals surface area contributed by atoms with E-state index in [4.69, 9.17) is 0 Å². The number of halogens is 1.